The number of morpholine rings is 1. The van der Waals surface area contributed by atoms with Crippen molar-refractivity contribution in [2.75, 3.05) is 33.4 Å². The van der Waals surface area contributed by atoms with Gasteiger partial charge in [0.05, 0.1) is 25.9 Å². The van der Waals surface area contributed by atoms with Crippen molar-refractivity contribution in [1.29, 1.82) is 0 Å². The highest BCUT2D eigenvalue weighted by Crippen LogP contribution is 2.33. The number of carbonyl (C=O) groups excluding carboxylic acids is 1. The van der Waals surface area contributed by atoms with E-state index in [9.17, 15) is 4.79 Å². The number of ether oxygens (including phenoxy) is 2. The lowest BCUT2D eigenvalue weighted by Gasteiger charge is -2.26. The fourth-order valence-corrected chi connectivity index (χ4v) is 3.93. The van der Waals surface area contributed by atoms with Crippen molar-refractivity contribution in [3.05, 3.63) is 71.4 Å². The molecule has 7 heteroatoms. The number of pyridine rings is 1. The van der Waals surface area contributed by atoms with Gasteiger partial charge >= 0.3 is 0 Å². The molecule has 166 valence electrons. The standard InChI is InChI=1S/C25H27N3O4/c1-17-15-22(25(29)27-30)24(31-2)23(26-17)21-9-7-20(8-10-21)19-5-3-18(4-6-19)16-28-11-13-32-14-12-28/h3-10,15,30H,11-14,16H2,1-2H3,(H,27,29). The highest BCUT2D eigenvalue weighted by Gasteiger charge is 2.19. The molecule has 7 nitrogen and oxygen atoms in total. The van der Waals surface area contributed by atoms with Gasteiger partial charge < -0.3 is 9.47 Å². The maximum Gasteiger partial charge on any atom is 0.278 e. The first-order chi connectivity index (χ1) is 15.6. The lowest BCUT2D eigenvalue weighted by Crippen LogP contribution is -2.35. The predicted octanol–water partition coefficient (Wildman–Crippen LogP) is 3.68. The Kier molecular flexibility index (Phi) is 6.80. The summed E-state index contributed by atoms with van der Waals surface area (Å²) in [5.74, 6) is -0.315. The number of carbonyl (C=O) groups is 1. The summed E-state index contributed by atoms with van der Waals surface area (Å²) >= 11 is 0. The molecule has 4 rings (SSSR count). The van der Waals surface area contributed by atoms with E-state index in [1.165, 1.54) is 12.7 Å². The smallest absolute Gasteiger partial charge is 0.278 e. The third-order valence-electron chi connectivity index (χ3n) is 5.61. The summed E-state index contributed by atoms with van der Waals surface area (Å²) in [4.78, 5) is 19.0. The van der Waals surface area contributed by atoms with Crippen LogP contribution in [0.1, 0.15) is 21.6 Å². The van der Waals surface area contributed by atoms with Crippen LogP contribution in [-0.4, -0.2) is 54.4 Å². The van der Waals surface area contributed by atoms with Gasteiger partial charge in [-0.05, 0) is 29.7 Å². The van der Waals surface area contributed by atoms with Crippen molar-refractivity contribution in [2.45, 2.75) is 13.5 Å². The lowest BCUT2D eigenvalue weighted by atomic mass is 10.00. The van der Waals surface area contributed by atoms with Gasteiger partial charge in [-0.2, -0.15) is 0 Å². The number of methoxy groups -OCH3 is 1. The third kappa shape index (κ3) is 4.80. The van der Waals surface area contributed by atoms with E-state index in [4.69, 9.17) is 14.7 Å². The molecular weight excluding hydrogens is 406 g/mol. The summed E-state index contributed by atoms with van der Waals surface area (Å²) in [5, 5.41) is 9.05. The molecule has 0 spiro atoms. The molecule has 2 aromatic carbocycles. The van der Waals surface area contributed by atoms with E-state index in [0.717, 1.165) is 49.5 Å². The minimum absolute atomic E-state index is 0.234. The molecule has 1 aliphatic rings. The highest BCUT2D eigenvalue weighted by molar-refractivity contribution is 5.98. The summed E-state index contributed by atoms with van der Waals surface area (Å²) in [7, 11) is 1.48. The number of rotatable bonds is 6. The van der Waals surface area contributed by atoms with Gasteiger partial charge in [0.1, 0.15) is 5.69 Å². The summed E-state index contributed by atoms with van der Waals surface area (Å²) in [6, 6.07) is 18.2. The van der Waals surface area contributed by atoms with Crippen LogP contribution in [0.15, 0.2) is 54.6 Å². The molecule has 1 fully saturated rings. The van der Waals surface area contributed by atoms with E-state index in [0.29, 0.717) is 17.1 Å². The van der Waals surface area contributed by atoms with E-state index in [2.05, 4.69) is 34.1 Å². The molecule has 2 heterocycles. The van der Waals surface area contributed by atoms with E-state index >= 15 is 0 Å². The Morgan fingerprint density at radius 2 is 1.66 bits per heavy atom. The van der Waals surface area contributed by atoms with Crippen LogP contribution in [0.5, 0.6) is 5.75 Å². The van der Waals surface area contributed by atoms with Crippen LogP contribution in [0.4, 0.5) is 0 Å². The minimum Gasteiger partial charge on any atom is -0.494 e. The van der Waals surface area contributed by atoms with Gasteiger partial charge in [-0.1, -0.05) is 48.5 Å². The molecular formula is C25H27N3O4. The Hall–Kier alpha value is -3.26. The Balaban J connectivity index is 1.56. The number of hydrogen-bond donors (Lipinski definition) is 2. The molecule has 1 saturated heterocycles. The molecule has 1 aromatic heterocycles. The van der Waals surface area contributed by atoms with Gasteiger partial charge in [0, 0.05) is 30.9 Å². The predicted molar refractivity (Wildman–Crippen MR) is 122 cm³/mol. The van der Waals surface area contributed by atoms with Crippen molar-refractivity contribution >= 4 is 5.91 Å². The first kappa shape index (κ1) is 22.0. The average molecular weight is 434 g/mol. The molecule has 0 unspecified atom stereocenters. The fraction of sp³-hybridized carbons (Fsp3) is 0.280. The van der Waals surface area contributed by atoms with Gasteiger partial charge in [-0.3, -0.25) is 14.9 Å². The van der Waals surface area contributed by atoms with Crippen LogP contribution < -0.4 is 10.2 Å². The van der Waals surface area contributed by atoms with Crippen LogP contribution in [-0.2, 0) is 11.3 Å². The number of hydrogen-bond acceptors (Lipinski definition) is 6. The number of benzene rings is 2. The molecule has 0 radical (unpaired) electrons. The van der Waals surface area contributed by atoms with Crippen molar-refractivity contribution in [1.82, 2.24) is 15.4 Å². The Morgan fingerprint density at radius 1 is 1.06 bits per heavy atom. The second-order valence-corrected chi connectivity index (χ2v) is 7.80. The Bertz CT molecular complexity index is 1080. The van der Waals surface area contributed by atoms with Crippen molar-refractivity contribution in [2.24, 2.45) is 0 Å². The zero-order chi connectivity index (χ0) is 22.5. The van der Waals surface area contributed by atoms with Gasteiger partial charge in [-0.15, -0.1) is 0 Å². The van der Waals surface area contributed by atoms with E-state index in [1.807, 2.05) is 24.3 Å². The van der Waals surface area contributed by atoms with E-state index in [-0.39, 0.29) is 5.56 Å². The average Bonchev–Trinajstić information content (AvgIpc) is 2.84. The quantitative estimate of drug-likeness (QED) is 0.456. The molecule has 2 N–H and O–H groups in total. The van der Waals surface area contributed by atoms with Crippen LogP contribution in [0.3, 0.4) is 0 Å². The largest absolute Gasteiger partial charge is 0.494 e. The molecule has 0 bridgehead atoms. The number of hydroxylamine groups is 1. The van der Waals surface area contributed by atoms with Gasteiger partial charge in [0.15, 0.2) is 5.75 Å². The highest BCUT2D eigenvalue weighted by atomic mass is 16.5. The number of nitrogens with zero attached hydrogens (tertiary/aromatic N) is 2. The normalized spacial score (nSPS) is 14.2. The number of amides is 1. The molecule has 0 saturated carbocycles. The van der Waals surface area contributed by atoms with Crippen LogP contribution in [0.2, 0.25) is 0 Å². The second-order valence-electron chi connectivity index (χ2n) is 7.80. The van der Waals surface area contributed by atoms with E-state index in [1.54, 1.807) is 18.5 Å². The summed E-state index contributed by atoms with van der Waals surface area (Å²) < 4.78 is 10.9. The van der Waals surface area contributed by atoms with Crippen molar-refractivity contribution < 1.29 is 19.5 Å². The van der Waals surface area contributed by atoms with Crippen molar-refractivity contribution in [3.63, 3.8) is 0 Å². The number of aromatic nitrogens is 1. The number of nitrogens with one attached hydrogen (secondary N) is 1. The molecule has 1 amide bonds. The fourth-order valence-electron chi connectivity index (χ4n) is 3.93. The molecule has 0 atom stereocenters. The summed E-state index contributed by atoms with van der Waals surface area (Å²) in [6.07, 6.45) is 0. The summed E-state index contributed by atoms with van der Waals surface area (Å²) in [6.45, 7) is 6.28. The molecule has 0 aliphatic carbocycles. The van der Waals surface area contributed by atoms with Crippen LogP contribution in [0.25, 0.3) is 22.4 Å². The van der Waals surface area contributed by atoms with E-state index < -0.39 is 5.91 Å². The Labute approximate surface area is 187 Å². The van der Waals surface area contributed by atoms with Gasteiger partial charge in [0.25, 0.3) is 5.91 Å². The SMILES string of the molecule is COc1c(C(=O)NO)cc(C)nc1-c1ccc(-c2ccc(CN3CCOCC3)cc2)cc1. The van der Waals surface area contributed by atoms with Gasteiger partial charge in [0.2, 0.25) is 0 Å². The molecule has 32 heavy (non-hydrogen) atoms. The monoisotopic (exact) mass is 433 g/mol. The van der Waals surface area contributed by atoms with Gasteiger partial charge in [-0.25, -0.2) is 10.5 Å². The minimum atomic E-state index is -0.637. The third-order valence-corrected chi connectivity index (χ3v) is 5.61. The Morgan fingerprint density at radius 3 is 2.25 bits per heavy atom. The number of aryl methyl sites for hydroxylation is 1. The first-order valence-electron chi connectivity index (χ1n) is 10.6. The maximum absolute atomic E-state index is 12.0. The zero-order valence-corrected chi connectivity index (χ0v) is 18.3. The first-order valence-corrected chi connectivity index (χ1v) is 10.6. The summed E-state index contributed by atoms with van der Waals surface area (Å²) in [5.41, 5.74) is 7.44. The second kappa shape index (κ2) is 9.91. The molecule has 1 aliphatic heterocycles. The van der Waals surface area contributed by atoms with Crippen LogP contribution in [0, 0.1) is 6.92 Å². The maximum atomic E-state index is 12.0. The zero-order valence-electron chi connectivity index (χ0n) is 18.3. The topological polar surface area (TPSA) is 83.9 Å². The van der Waals surface area contributed by atoms with Crippen molar-refractivity contribution in [3.8, 4) is 28.1 Å². The van der Waals surface area contributed by atoms with Crippen LogP contribution >= 0.6 is 0 Å². The molecule has 3 aromatic rings. The lowest BCUT2D eigenvalue weighted by molar-refractivity contribution is 0.0342.